The molecule has 0 saturated heterocycles. The average Bonchev–Trinajstić information content (AvgIpc) is 1.82. The van der Waals surface area contributed by atoms with Gasteiger partial charge >= 0.3 is 0 Å². The molecule has 0 unspecified atom stereocenters. The van der Waals surface area contributed by atoms with E-state index in [4.69, 9.17) is 5.11 Å². The molecule has 0 aliphatic rings. The van der Waals surface area contributed by atoms with Crippen molar-refractivity contribution in [2.45, 2.75) is 32.3 Å². The van der Waals surface area contributed by atoms with Crippen LogP contribution in [0.4, 0.5) is 0 Å². The van der Waals surface area contributed by atoms with E-state index < -0.39 is 11.0 Å². The van der Waals surface area contributed by atoms with Gasteiger partial charge in [-0.25, -0.2) is 0 Å². The maximum atomic E-state index is 9.82. The lowest BCUT2D eigenvalue weighted by molar-refractivity contribution is -0.490. The van der Waals surface area contributed by atoms with Gasteiger partial charge in [0.05, 0.1) is 0 Å². The van der Waals surface area contributed by atoms with Crippen LogP contribution in [-0.2, 0) is 0 Å². The molecule has 0 aromatic rings. The van der Waals surface area contributed by atoms with Gasteiger partial charge in [-0.15, -0.1) is 0 Å². The minimum atomic E-state index is -0.755. The van der Waals surface area contributed by atoms with E-state index in [1.807, 2.05) is 6.92 Å². The molecule has 4 heteroatoms. The summed E-state index contributed by atoms with van der Waals surface area (Å²) in [6.07, 6.45) is 1.61. The highest BCUT2D eigenvalue weighted by Gasteiger charge is 2.09. The first kappa shape index (κ1) is 9.36. The van der Waals surface area contributed by atoms with Crippen LogP contribution < -0.4 is 0 Å². The second-order valence-electron chi connectivity index (χ2n) is 2.31. The summed E-state index contributed by atoms with van der Waals surface area (Å²) >= 11 is 0. The van der Waals surface area contributed by atoms with Gasteiger partial charge in [-0.3, -0.25) is 10.1 Å². The fourth-order valence-electron chi connectivity index (χ4n) is 0.703. The Morgan fingerprint density at radius 3 is 2.70 bits per heavy atom. The minimum absolute atomic E-state index is 0.319. The molecule has 0 aromatic carbocycles. The van der Waals surface area contributed by atoms with Crippen LogP contribution >= 0.6 is 0 Å². The SMILES string of the molecule is CCCC[C@H](O)C[N+](=O)[O-]. The Morgan fingerprint density at radius 2 is 2.30 bits per heavy atom. The number of aliphatic hydroxyl groups is 1. The standard InChI is InChI=1S/C6H13NO3/c1-2-3-4-6(8)5-7(9)10/h6,8H,2-5H2,1H3/t6-/m0/s1. The van der Waals surface area contributed by atoms with Gasteiger partial charge in [0, 0.05) is 4.92 Å². The molecule has 0 aliphatic heterocycles. The van der Waals surface area contributed by atoms with Gasteiger partial charge < -0.3 is 5.11 Å². The molecule has 0 amide bonds. The maximum absolute atomic E-state index is 9.82. The second-order valence-corrected chi connectivity index (χ2v) is 2.31. The largest absolute Gasteiger partial charge is 0.386 e. The van der Waals surface area contributed by atoms with Crippen LogP contribution in [-0.4, -0.2) is 22.7 Å². The Bertz CT molecular complexity index is 105. The highest BCUT2D eigenvalue weighted by Crippen LogP contribution is 1.99. The van der Waals surface area contributed by atoms with E-state index in [9.17, 15) is 10.1 Å². The third-order valence-electron chi connectivity index (χ3n) is 1.25. The normalized spacial score (nSPS) is 13.0. The fourth-order valence-corrected chi connectivity index (χ4v) is 0.703. The van der Waals surface area contributed by atoms with Crippen LogP contribution in [0.1, 0.15) is 26.2 Å². The van der Waals surface area contributed by atoms with E-state index in [0.29, 0.717) is 6.42 Å². The Hall–Kier alpha value is -0.640. The first-order valence-corrected chi connectivity index (χ1v) is 3.46. The lowest BCUT2D eigenvalue weighted by Crippen LogP contribution is -2.18. The number of unbranched alkanes of at least 4 members (excludes halogenated alkanes) is 1. The summed E-state index contributed by atoms with van der Waals surface area (Å²) in [6.45, 7) is 1.67. The van der Waals surface area contributed by atoms with Gasteiger partial charge in [0.2, 0.25) is 6.54 Å². The summed E-state index contributed by atoms with van der Waals surface area (Å²) in [4.78, 5) is 9.33. The van der Waals surface area contributed by atoms with Gasteiger partial charge in [-0.05, 0) is 6.42 Å². The number of hydrogen-bond donors (Lipinski definition) is 1. The highest BCUT2D eigenvalue weighted by atomic mass is 16.6. The summed E-state index contributed by atoms with van der Waals surface area (Å²) < 4.78 is 0. The van der Waals surface area contributed by atoms with Crippen molar-refractivity contribution in [1.29, 1.82) is 0 Å². The lowest BCUT2D eigenvalue weighted by Gasteiger charge is -2.02. The Labute approximate surface area is 60.0 Å². The van der Waals surface area contributed by atoms with Gasteiger partial charge in [0.1, 0.15) is 6.10 Å². The van der Waals surface area contributed by atoms with E-state index in [0.717, 1.165) is 12.8 Å². The highest BCUT2D eigenvalue weighted by molar-refractivity contribution is 4.51. The van der Waals surface area contributed by atoms with E-state index in [1.165, 1.54) is 0 Å². The topological polar surface area (TPSA) is 63.4 Å². The second kappa shape index (κ2) is 5.17. The molecular formula is C6H13NO3. The molecule has 0 saturated carbocycles. The molecule has 0 spiro atoms. The summed E-state index contributed by atoms with van der Waals surface area (Å²) in [6, 6.07) is 0. The van der Waals surface area contributed by atoms with Gasteiger partial charge in [-0.1, -0.05) is 19.8 Å². The minimum Gasteiger partial charge on any atom is -0.386 e. The Morgan fingerprint density at radius 1 is 1.70 bits per heavy atom. The Balaban J connectivity index is 3.25. The molecule has 4 nitrogen and oxygen atoms in total. The van der Waals surface area contributed by atoms with E-state index >= 15 is 0 Å². The van der Waals surface area contributed by atoms with Crippen LogP contribution in [0, 0.1) is 10.1 Å². The van der Waals surface area contributed by atoms with Crippen LogP contribution in [0.3, 0.4) is 0 Å². The molecule has 0 aromatic heterocycles. The molecule has 1 N–H and O–H groups in total. The van der Waals surface area contributed by atoms with Gasteiger partial charge in [0.15, 0.2) is 0 Å². The number of nitrogens with zero attached hydrogens (tertiary/aromatic N) is 1. The molecule has 10 heavy (non-hydrogen) atoms. The molecule has 0 radical (unpaired) electrons. The number of hydrogen-bond acceptors (Lipinski definition) is 3. The van der Waals surface area contributed by atoms with Gasteiger partial charge in [0.25, 0.3) is 0 Å². The molecule has 0 heterocycles. The fraction of sp³-hybridized carbons (Fsp3) is 1.00. The first-order chi connectivity index (χ1) is 4.66. The molecule has 0 rings (SSSR count). The zero-order valence-corrected chi connectivity index (χ0v) is 6.12. The predicted octanol–water partition coefficient (Wildman–Crippen LogP) is 0.814. The number of rotatable bonds is 5. The van der Waals surface area contributed by atoms with Crippen molar-refractivity contribution >= 4 is 0 Å². The van der Waals surface area contributed by atoms with Crippen LogP contribution in [0.2, 0.25) is 0 Å². The molecular weight excluding hydrogens is 134 g/mol. The Kier molecular flexibility index (Phi) is 4.84. The average molecular weight is 147 g/mol. The molecule has 0 aliphatic carbocycles. The van der Waals surface area contributed by atoms with Crippen LogP contribution in [0.25, 0.3) is 0 Å². The van der Waals surface area contributed by atoms with Crippen molar-refractivity contribution in [1.82, 2.24) is 0 Å². The van der Waals surface area contributed by atoms with Crippen LogP contribution in [0.5, 0.6) is 0 Å². The third kappa shape index (κ3) is 5.50. The molecule has 1 atom stereocenters. The van der Waals surface area contributed by atoms with Crippen molar-refractivity contribution in [3.8, 4) is 0 Å². The molecule has 0 bridgehead atoms. The predicted molar refractivity (Wildman–Crippen MR) is 37.4 cm³/mol. The monoisotopic (exact) mass is 147 g/mol. The molecule has 60 valence electrons. The van der Waals surface area contributed by atoms with Crippen molar-refractivity contribution in [3.63, 3.8) is 0 Å². The number of nitro groups is 1. The van der Waals surface area contributed by atoms with Gasteiger partial charge in [-0.2, -0.15) is 0 Å². The quantitative estimate of drug-likeness (QED) is 0.462. The summed E-state index contributed by atoms with van der Waals surface area (Å²) in [5.41, 5.74) is 0. The summed E-state index contributed by atoms with van der Waals surface area (Å²) in [5, 5.41) is 18.7. The zero-order valence-electron chi connectivity index (χ0n) is 6.12. The maximum Gasteiger partial charge on any atom is 0.229 e. The number of aliphatic hydroxyl groups excluding tert-OH is 1. The lowest BCUT2D eigenvalue weighted by atomic mass is 10.2. The zero-order chi connectivity index (χ0) is 7.98. The summed E-state index contributed by atoms with van der Waals surface area (Å²) in [7, 11) is 0. The van der Waals surface area contributed by atoms with Crippen molar-refractivity contribution in [3.05, 3.63) is 10.1 Å². The van der Waals surface area contributed by atoms with Crippen molar-refractivity contribution in [2.24, 2.45) is 0 Å². The van der Waals surface area contributed by atoms with E-state index in [2.05, 4.69) is 0 Å². The smallest absolute Gasteiger partial charge is 0.229 e. The van der Waals surface area contributed by atoms with E-state index in [1.54, 1.807) is 0 Å². The first-order valence-electron chi connectivity index (χ1n) is 3.46. The molecule has 0 fully saturated rings. The van der Waals surface area contributed by atoms with E-state index in [-0.39, 0.29) is 6.54 Å². The van der Waals surface area contributed by atoms with Crippen LogP contribution in [0.15, 0.2) is 0 Å². The third-order valence-corrected chi connectivity index (χ3v) is 1.25. The van der Waals surface area contributed by atoms with Crippen molar-refractivity contribution < 1.29 is 10.0 Å². The summed E-state index contributed by atoms with van der Waals surface area (Å²) in [5.74, 6) is 0. The van der Waals surface area contributed by atoms with Crippen molar-refractivity contribution in [2.75, 3.05) is 6.54 Å².